The van der Waals surface area contributed by atoms with Gasteiger partial charge in [-0.25, -0.2) is 4.39 Å². The highest BCUT2D eigenvalue weighted by Gasteiger charge is 2.17. The maximum atomic E-state index is 13.7. The number of aliphatic hydroxyl groups excluding tert-OH is 1. The Labute approximate surface area is 115 Å². The number of hydrogen-bond acceptors (Lipinski definition) is 3. The maximum absolute atomic E-state index is 13.7. The van der Waals surface area contributed by atoms with Gasteiger partial charge in [0.1, 0.15) is 5.82 Å². The quantitative estimate of drug-likeness (QED) is 0.828. The average Bonchev–Trinajstić information content (AvgIpc) is 2.73. The summed E-state index contributed by atoms with van der Waals surface area (Å²) in [7, 11) is 0. The summed E-state index contributed by atoms with van der Waals surface area (Å²) in [4.78, 5) is 12.6. The summed E-state index contributed by atoms with van der Waals surface area (Å²) >= 11 is 1.31. The van der Waals surface area contributed by atoms with E-state index in [0.717, 1.165) is 11.1 Å². The van der Waals surface area contributed by atoms with Crippen LogP contribution in [0.25, 0.3) is 10.1 Å². The van der Waals surface area contributed by atoms with E-state index >= 15 is 0 Å². The molecule has 1 amide bonds. The third-order valence-corrected chi connectivity index (χ3v) is 4.24. The van der Waals surface area contributed by atoms with E-state index < -0.39 is 0 Å². The van der Waals surface area contributed by atoms with Crippen molar-refractivity contribution >= 4 is 27.3 Å². The summed E-state index contributed by atoms with van der Waals surface area (Å²) < 4.78 is 14.5. The van der Waals surface area contributed by atoms with Gasteiger partial charge >= 0.3 is 0 Å². The molecular formula is C14H16FNO2S. The first kappa shape index (κ1) is 14.0. The lowest BCUT2D eigenvalue weighted by atomic mass is 10.1. The van der Waals surface area contributed by atoms with Crippen molar-refractivity contribution in [2.45, 2.75) is 19.8 Å². The number of aliphatic hydroxyl groups is 1. The first-order valence-electron chi connectivity index (χ1n) is 6.22. The number of benzene rings is 1. The van der Waals surface area contributed by atoms with E-state index in [4.69, 9.17) is 5.11 Å². The van der Waals surface area contributed by atoms with Crippen LogP contribution in [0.3, 0.4) is 0 Å². The molecule has 1 heterocycles. The molecule has 0 aliphatic carbocycles. The van der Waals surface area contributed by atoms with Crippen LogP contribution in [0.4, 0.5) is 4.39 Å². The van der Waals surface area contributed by atoms with Gasteiger partial charge in [-0.1, -0.05) is 6.07 Å². The molecule has 0 radical (unpaired) electrons. The summed E-state index contributed by atoms with van der Waals surface area (Å²) in [6.07, 6.45) is 1.40. The van der Waals surface area contributed by atoms with Crippen molar-refractivity contribution in [3.05, 3.63) is 34.5 Å². The molecule has 0 saturated carbocycles. The van der Waals surface area contributed by atoms with Crippen LogP contribution in [-0.4, -0.2) is 24.2 Å². The Morgan fingerprint density at radius 2 is 2.21 bits per heavy atom. The fourth-order valence-corrected chi connectivity index (χ4v) is 3.13. The van der Waals surface area contributed by atoms with E-state index in [2.05, 4.69) is 5.32 Å². The van der Waals surface area contributed by atoms with Crippen molar-refractivity contribution in [1.29, 1.82) is 0 Å². The minimum Gasteiger partial charge on any atom is -0.396 e. The van der Waals surface area contributed by atoms with Crippen molar-refractivity contribution < 1.29 is 14.3 Å². The van der Waals surface area contributed by atoms with Crippen LogP contribution in [0.5, 0.6) is 0 Å². The molecule has 5 heteroatoms. The number of rotatable bonds is 5. The summed E-state index contributed by atoms with van der Waals surface area (Å²) in [5.74, 6) is -0.457. The van der Waals surface area contributed by atoms with E-state index in [1.165, 1.54) is 17.4 Å². The number of amides is 1. The number of fused-ring (bicyclic) bond motifs is 1. The van der Waals surface area contributed by atoms with E-state index in [9.17, 15) is 9.18 Å². The third-order valence-electron chi connectivity index (χ3n) is 2.98. The van der Waals surface area contributed by atoms with Crippen molar-refractivity contribution in [1.82, 2.24) is 5.32 Å². The molecule has 0 bridgehead atoms. The average molecular weight is 281 g/mol. The molecule has 0 fully saturated rings. The lowest BCUT2D eigenvalue weighted by Crippen LogP contribution is -2.24. The van der Waals surface area contributed by atoms with Gasteiger partial charge in [0, 0.05) is 23.2 Å². The number of thiophene rings is 1. The second kappa shape index (κ2) is 6.12. The van der Waals surface area contributed by atoms with Gasteiger partial charge < -0.3 is 10.4 Å². The van der Waals surface area contributed by atoms with E-state index in [1.54, 1.807) is 13.0 Å². The molecule has 0 unspecified atom stereocenters. The number of nitrogens with one attached hydrogen (secondary N) is 1. The Balaban J connectivity index is 2.18. The topological polar surface area (TPSA) is 49.3 Å². The fraction of sp³-hybridized carbons (Fsp3) is 0.357. The van der Waals surface area contributed by atoms with Crippen LogP contribution in [-0.2, 0) is 0 Å². The van der Waals surface area contributed by atoms with Crippen LogP contribution in [0.2, 0.25) is 0 Å². The van der Waals surface area contributed by atoms with Gasteiger partial charge in [-0.05, 0) is 37.5 Å². The fourth-order valence-electron chi connectivity index (χ4n) is 1.99. The minimum atomic E-state index is -0.286. The Bertz CT molecular complexity index is 594. The van der Waals surface area contributed by atoms with E-state index in [1.807, 2.05) is 6.07 Å². The van der Waals surface area contributed by atoms with Crippen molar-refractivity contribution in [2.24, 2.45) is 0 Å². The van der Waals surface area contributed by atoms with Gasteiger partial charge in [0.15, 0.2) is 0 Å². The predicted molar refractivity (Wildman–Crippen MR) is 75.2 cm³/mol. The lowest BCUT2D eigenvalue weighted by Gasteiger charge is -2.03. The Kier molecular flexibility index (Phi) is 4.50. The largest absolute Gasteiger partial charge is 0.396 e. The highest BCUT2D eigenvalue weighted by Crippen LogP contribution is 2.32. The molecule has 2 rings (SSSR count). The molecule has 0 atom stereocenters. The van der Waals surface area contributed by atoms with Crippen molar-refractivity contribution in [3.63, 3.8) is 0 Å². The molecule has 0 saturated heterocycles. The van der Waals surface area contributed by atoms with Crippen molar-refractivity contribution in [2.75, 3.05) is 13.2 Å². The summed E-state index contributed by atoms with van der Waals surface area (Å²) in [5, 5.41) is 12.0. The first-order valence-corrected chi connectivity index (χ1v) is 7.03. The van der Waals surface area contributed by atoms with Gasteiger partial charge in [-0.15, -0.1) is 11.3 Å². The number of carbonyl (C=O) groups excluding carboxylic acids is 1. The highest BCUT2D eigenvalue weighted by atomic mass is 32.1. The minimum absolute atomic E-state index is 0.128. The zero-order valence-corrected chi connectivity index (χ0v) is 11.5. The summed E-state index contributed by atoms with van der Waals surface area (Å²) in [5.41, 5.74) is 0.692. The lowest BCUT2D eigenvalue weighted by molar-refractivity contribution is 0.0955. The second-order valence-corrected chi connectivity index (χ2v) is 5.41. The van der Waals surface area contributed by atoms with Gasteiger partial charge in [-0.2, -0.15) is 0 Å². The van der Waals surface area contributed by atoms with Gasteiger partial charge in [-0.3, -0.25) is 4.79 Å². The molecule has 0 aliphatic rings. The summed E-state index contributed by atoms with van der Waals surface area (Å²) in [6.45, 7) is 2.42. The van der Waals surface area contributed by atoms with Crippen molar-refractivity contribution in [3.8, 4) is 0 Å². The Morgan fingerprint density at radius 1 is 1.42 bits per heavy atom. The van der Waals surface area contributed by atoms with E-state index in [-0.39, 0.29) is 18.3 Å². The molecule has 3 nitrogen and oxygen atoms in total. The van der Waals surface area contributed by atoms with Gasteiger partial charge in [0.05, 0.1) is 4.88 Å². The Morgan fingerprint density at radius 3 is 2.89 bits per heavy atom. The Hall–Kier alpha value is -1.46. The third kappa shape index (κ3) is 2.93. The summed E-state index contributed by atoms with van der Waals surface area (Å²) in [6, 6.07) is 4.88. The molecule has 1 aromatic heterocycles. The van der Waals surface area contributed by atoms with E-state index in [0.29, 0.717) is 28.8 Å². The molecule has 0 spiro atoms. The predicted octanol–water partition coefficient (Wildman–Crippen LogP) is 2.85. The number of hydrogen-bond donors (Lipinski definition) is 2. The second-order valence-electron chi connectivity index (χ2n) is 4.36. The monoisotopic (exact) mass is 281 g/mol. The normalized spacial score (nSPS) is 10.9. The smallest absolute Gasteiger partial charge is 0.261 e. The van der Waals surface area contributed by atoms with Gasteiger partial charge in [0.2, 0.25) is 0 Å². The number of aryl methyl sites for hydroxylation is 1. The standard InChI is InChI=1S/C14H16FNO2S/c1-9-12-10(15)5-4-6-11(12)19-13(9)14(18)16-7-2-3-8-17/h4-6,17H,2-3,7-8H2,1H3,(H,16,18). The molecule has 19 heavy (non-hydrogen) atoms. The van der Waals surface area contributed by atoms with Crippen LogP contribution in [0.1, 0.15) is 28.1 Å². The molecule has 2 N–H and O–H groups in total. The van der Waals surface area contributed by atoms with Crippen LogP contribution in [0.15, 0.2) is 18.2 Å². The molecule has 2 aromatic rings. The zero-order chi connectivity index (χ0) is 13.8. The van der Waals surface area contributed by atoms with Crippen LogP contribution >= 0.6 is 11.3 Å². The molecule has 1 aromatic carbocycles. The first-order chi connectivity index (χ1) is 9.15. The molecule has 0 aliphatic heterocycles. The number of unbranched alkanes of at least 4 members (excludes halogenated alkanes) is 1. The SMILES string of the molecule is Cc1c(C(=O)NCCCCO)sc2cccc(F)c12. The molecule has 102 valence electrons. The zero-order valence-electron chi connectivity index (χ0n) is 10.7. The van der Waals surface area contributed by atoms with Gasteiger partial charge in [0.25, 0.3) is 5.91 Å². The number of halogens is 1. The molecular weight excluding hydrogens is 265 g/mol. The highest BCUT2D eigenvalue weighted by molar-refractivity contribution is 7.21. The van der Waals surface area contributed by atoms with Crippen LogP contribution in [0, 0.1) is 12.7 Å². The number of carbonyl (C=O) groups is 1. The van der Waals surface area contributed by atoms with Crippen LogP contribution < -0.4 is 5.32 Å². The maximum Gasteiger partial charge on any atom is 0.261 e.